The SMILES string of the molecule is CCN[C@H](C)CNC(=O)c1ccc(-c2cc(F)c(F)c(F)c2)cc1. The van der Waals surface area contributed by atoms with Crippen molar-refractivity contribution in [2.24, 2.45) is 0 Å². The van der Waals surface area contributed by atoms with E-state index in [2.05, 4.69) is 10.6 Å². The van der Waals surface area contributed by atoms with Gasteiger partial charge in [0.1, 0.15) is 0 Å². The first-order chi connectivity index (χ1) is 11.4. The first-order valence-electron chi connectivity index (χ1n) is 7.69. The van der Waals surface area contributed by atoms with Crippen LogP contribution in [-0.4, -0.2) is 25.0 Å². The monoisotopic (exact) mass is 336 g/mol. The van der Waals surface area contributed by atoms with Crippen LogP contribution in [0.4, 0.5) is 13.2 Å². The molecule has 0 saturated carbocycles. The van der Waals surface area contributed by atoms with Crippen molar-refractivity contribution in [3.63, 3.8) is 0 Å². The number of hydrogen-bond acceptors (Lipinski definition) is 2. The van der Waals surface area contributed by atoms with Gasteiger partial charge in [0.25, 0.3) is 5.91 Å². The molecule has 6 heteroatoms. The van der Waals surface area contributed by atoms with Crippen molar-refractivity contribution in [2.75, 3.05) is 13.1 Å². The van der Waals surface area contributed by atoms with E-state index >= 15 is 0 Å². The Morgan fingerprint density at radius 1 is 1.04 bits per heavy atom. The average molecular weight is 336 g/mol. The third-order valence-electron chi connectivity index (χ3n) is 3.59. The summed E-state index contributed by atoms with van der Waals surface area (Å²) in [5.74, 6) is -4.22. The molecule has 2 aromatic rings. The summed E-state index contributed by atoms with van der Waals surface area (Å²) in [5.41, 5.74) is 1.13. The summed E-state index contributed by atoms with van der Waals surface area (Å²) in [6, 6.07) is 8.24. The standard InChI is InChI=1S/C18H19F3N2O/c1-3-22-11(2)10-23-18(24)13-6-4-12(5-7-13)14-8-15(19)17(21)16(20)9-14/h4-9,11,22H,3,10H2,1-2H3,(H,23,24)/t11-/m1/s1. The number of halogens is 3. The third kappa shape index (κ3) is 4.35. The highest BCUT2D eigenvalue weighted by Crippen LogP contribution is 2.24. The van der Waals surface area contributed by atoms with E-state index < -0.39 is 17.5 Å². The molecular weight excluding hydrogens is 317 g/mol. The maximum absolute atomic E-state index is 13.3. The Morgan fingerprint density at radius 3 is 2.17 bits per heavy atom. The highest BCUT2D eigenvalue weighted by molar-refractivity contribution is 5.94. The van der Waals surface area contributed by atoms with Gasteiger partial charge in [-0.15, -0.1) is 0 Å². The number of benzene rings is 2. The maximum Gasteiger partial charge on any atom is 0.251 e. The van der Waals surface area contributed by atoms with Gasteiger partial charge in [0.15, 0.2) is 17.5 Å². The average Bonchev–Trinajstić information content (AvgIpc) is 2.57. The van der Waals surface area contributed by atoms with Gasteiger partial charge in [-0.3, -0.25) is 4.79 Å². The Morgan fingerprint density at radius 2 is 1.62 bits per heavy atom. The van der Waals surface area contributed by atoms with Crippen molar-refractivity contribution in [1.29, 1.82) is 0 Å². The van der Waals surface area contributed by atoms with E-state index in [9.17, 15) is 18.0 Å². The number of amides is 1. The molecule has 0 fully saturated rings. The zero-order valence-corrected chi connectivity index (χ0v) is 13.5. The van der Waals surface area contributed by atoms with E-state index in [-0.39, 0.29) is 17.5 Å². The summed E-state index contributed by atoms with van der Waals surface area (Å²) in [6.07, 6.45) is 0. The van der Waals surface area contributed by atoms with Gasteiger partial charge in [0.05, 0.1) is 0 Å². The van der Waals surface area contributed by atoms with Gasteiger partial charge in [-0.05, 0) is 48.9 Å². The molecule has 0 saturated heterocycles. The minimum Gasteiger partial charge on any atom is -0.350 e. The fourth-order valence-corrected chi connectivity index (χ4v) is 2.30. The number of hydrogen-bond donors (Lipinski definition) is 2. The summed E-state index contributed by atoms with van der Waals surface area (Å²) >= 11 is 0. The van der Waals surface area contributed by atoms with Gasteiger partial charge in [0, 0.05) is 18.2 Å². The van der Waals surface area contributed by atoms with Crippen molar-refractivity contribution in [1.82, 2.24) is 10.6 Å². The number of carbonyl (C=O) groups is 1. The zero-order valence-electron chi connectivity index (χ0n) is 13.5. The molecule has 2 N–H and O–H groups in total. The number of likely N-dealkylation sites (N-methyl/N-ethyl adjacent to an activating group) is 1. The summed E-state index contributed by atoms with van der Waals surface area (Å²) in [4.78, 5) is 12.0. The van der Waals surface area contributed by atoms with E-state index in [1.807, 2.05) is 13.8 Å². The van der Waals surface area contributed by atoms with Gasteiger partial charge < -0.3 is 10.6 Å². The van der Waals surface area contributed by atoms with Crippen LogP contribution in [0.25, 0.3) is 11.1 Å². The summed E-state index contributed by atoms with van der Waals surface area (Å²) in [7, 11) is 0. The van der Waals surface area contributed by atoms with Crippen LogP contribution in [0.15, 0.2) is 36.4 Å². The Labute approximate surface area is 138 Å². The van der Waals surface area contributed by atoms with E-state index in [1.165, 1.54) is 0 Å². The molecule has 0 aliphatic carbocycles. The second kappa shape index (κ2) is 7.97. The van der Waals surface area contributed by atoms with E-state index in [0.717, 1.165) is 18.7 Å². The molecule has 0 heterocycles. The lowest BCUT2D eigenvalue weighted by Crippen LogP contribution is -2.38. The molecule has 2 rings (SSSR count). The van der Waals surface area contributed by atoms with Crippen LogP contribution in [-0.2, 0) is 0 Å². The summed E-state index contributed by atoms with van der Waals surface area (Å²) in [5, 5.41) is 5.98. The van der Waals surface area contributed by atoms with Crippen molar-refractivity contribution >= 4 is 5.91 Å². The topological polar surface area (TPSA) is 41.1 Å². The lowest BCUT2D eigenvalue weighted by molar-refractivity contribution is 0.0950. The van der Waals surface area contributed by atoms with Gasteiger partial charge in [-0.2, -0.15) is 0 Å². The van der Waals surface area contributed by atoms with Crippen LogP contribution in [0.1, 0.15) is 24.2 Å². The van der Waals surface area contributed by atoms with Crippen LogP contribution in [0.2, 0.25) is 0 Å². The summed E-state index contributed by atoms with van der Waals surface area (Å²) in [6.45, 7) is 5.25. The van der Waals surface area contributed by atoms with Gasteiger partial charge in [-0.25, -0.2) is 13.2 Å². The summed E-state index contributed by atoms with van der Waals surface area (Å²) < 4.78 is 39.6. The Hall–Kier alpha value is -2.34. The lowest BCUT2D eigenvalue weighted by Gasteiger charge is -2.13. The maximum atomic E-state index is 13.3. The smallest absolute Gasteiger partial charge is 0.251 e. The zero-order chi connectivity index (χ0) is 17.7. The molecular formula is C18H19F3N2O. The van der Waals surface area contributed by atoms with Crippen molar-refractivity contribution in [3.05, 3.63) is 59.4 Å². The predicted molar refractivity (Wildman–Crippen MR) is 87.2 cm³/mol. The van der Waals surface area contributed by atoms with Gasteiger partial charge >= 0.3 is 0 Å². The molecule has 128 valence electrons. The molecule has 3 nitrogen and oxygen atoms in total. The fourth-order valence-electron chi connectivity index (χ4n) is 2.30. The second-order valence-corrected chi connectivity index (χ2v) is 5.50. The Balaban J connectivity index is 2.09. The number of nitrogens with one attached hydrogen (secondary N) is 2. The quantitative estimate of drug-likeness (QED) is 0.793. The van der Waals surface area contributed by atoms with Crippen molar-refractivity contribution in [2.45, 2.75) is 19.9 Å². The molecule has 0 aliphatic heterocycles. The normalized spacial score (nSPS) is 12.0. The first kappa shape index (κ1) is 18.0. The third-order valence-corrected chi connectivity index (χ3v) is 3.59. The highest BCUT2D eigenvalue weighted by atomic mass is 19.2. The van der Waals surface area contributed by atoms with Crippen molar-refractivity contribution < 1.29 is 18.0 Å². The van der Waals surface area contributed by atoms with Crippen LogP contribution < -0.4 is 10.6 Å². The lowest BCUT2D eigenvalue weighted by atomic mass is 10.0. The largest absolute Gasteiger partial charge is 0.350 e. The van der Waals surface area contributed by atoms with E-state index in [0.29, 0.717) is 17.7 Å². The molecule has 0 radical (unpaired) electrons. The van der Waals surface area contributed by atoms with E-state index in [1.54, 1.807) is 24.3 Å². The molecule has 0 aromatic heterocycles. The first-order valence-corrected chi connectivity index (χ1v) is 7.69. The number of rotatable bonds is 6. The van der Waals surface area contributed by atoms with Gasteiger partial charge in [-0.1, -0.05) is 19.1 Å². The molecule has 1 amide bonds. The van der Waals surface area contributed by atoms with Crippen LogP contribution in [0.3, 0.4) is 0 Å². The predicted octanol–water partition coefficient (Wildman–Crippen LogP) is 3.50. The van der Waals surface area contributed by atoms with Crippen molar-refractivity contribution in [3.8, 4) is 11.1 Å². The Kier molecular flexibility index (Phi) is 5.98. The number of carbonyl (C=O) groups excluding carboxylic acids is 1. The fraction of sp³-hybridized carbons (Fsp3) is 0.278. The second-order valence-electron chi connectivity index (χ2n) is 5.50. The Bertz CT molecular complexity index is 694. The molecule has 1 atom stereocenters. The van der Waals surface area contributed by atoms with Gasteiger partial charge in [0.2, 0.25) is 0 Å². The van der Waals surface area contributed by atoms with Crippen LogP contribution in [0.5, 0.6) is 0 Å². The molecule has 0 unspecified atom stereocenters. The molecule has 0 spiro atoms. The molecule has 2 aromatic carbocycles. The molecule has 24 heavy (non-hydrogen) atoms. The highest BCUT2D eigenvalue weighted by Gasteiger charge is 2.12. The van der Waals surface area contributed by atoms with E-state index in [4.69, 9.17) is 0 Å². The molecule has 0 bridgehead atoms. The van der Waals surface area contributed by atoms with Crippen LogP contribution >= 0.6 is 0 Å². The van der Waals surface area contributed by atoms with Crippen LogP contribution in [0, 0.1) is 17.5 Å². The molecule has 0 aliphatic rings. The minimum atomic E-state index is -1.50. The minimum absolute atomic E-state index is 0.156.